The third kappa shape index (κ3) is 7.81. The van der Waals surface area contributed by atoms with E-state index >= 15 is 0 Å². The fraction of sp³-hybridized carbons (Fsp3) is 0.767. The zero-order valence-electron chi connectivity index (χ0n) is 21.5. The Morgan fingerprint density at radius 3 is 1.94 bits per heavy atom. The molecule has 2 N–H and O–H groups in total. The van der Waals surface area contributed by atoms with Gasteiger partial charge in [0.15, 0.2) is 0 Å². The van der Waals surface area contributed by atoms with Crippen LogP contribution in [-0.4, -0.2) is 50.1 Å². The fourth-order valence-electron chi connectivity index (χ4n) is 6.63. The average Bonchev–Trinajstić information content (AvgIpc) is 3.42. The molecule has 1 aromatic rings. The molecule has 1 aliphatic heterocycles. The minimum atomic E-state index is 0.0742. The average molecular weight is 468 g/mol. The van der Waals surface area contributed by atoms with Crippen molar-refractivity contribution in [2.45, 2.75) is 89.4 Å². The summed E-state index contributed by atoms with van der Waals surface area (Å²) in [6, 6.07) is 10.6. The van der Waals surface area contributed by atoms with Gasteiger partial charge in [0.1, 0.15) is 0 Å². The molecular formula is C30H49N3O. The van der Waals surface area contributed by atoms with Crippen molar-refractivity contribution in [3.8, 4) is 0 Å². The van der Waals surface area contributed by atoms with Crippen LogP contribution in [0.5, 0.6) is 0 Å². The number of amides is 1. The number of unbranched alkanes of at least 4 members (excludes halogenated alkanes) is 1. The van der Waals surface area contributed by atoms with Crippen molar-refractivity contribution >= 4 is 5.91 Å². The van der Waals surface area contributed by atoms with Crippen LogP contribution in [0.3, 0.4) is 0 Å². The van der Waals surface area contributed by atoms with Gasteiger partial charge < -0.3 is 15.5 Å². The van der Waals surface area contributed by atoms with Crippen molar-refractivity contribution in [1.29, 1.82) is 0 Å². The number of piperidine rings is 1. The van der Waals surface area contributed by atoms with Crippen LogP contribution < -0.4 is 10.6 Å². The van der Waals surface area contributed by atoms with Gasteiger partial charge in [0, 0.05) is 13.1 Å². The molecule has 1 atom stereocenters. The predicted molar refractivity (Wildman–Crippen MR) is 142 cm³/mol. The molecular weight excluding hydrogens is 418 g/mol. The number of likely N-dealkylation sites (tertiary alicyclic amines) is 1. The van der Waals surface area contributed by atoms with Crippen molar-refractivity contribution in [3.05, 3.63) is 35.9 Å². The summed E-state index contributed by atoms with van der Waals surface area (Å²) in [5.74, 6) is 2.66. The highest BCUT2D eigenvalue weighted by Gasteiger charge is 2.35. The summed E-state index contributed by atoms with van der Waals surface area (Å²) in [6.07, 6.45) is 17.0. The normalized spacial score (nSPS) is 21.7. The molecule has 190 valence electrons. The van der Waals surface area contributed by atoms with Gasteiger partial charge in [-0.3, -0.25) is 4.79 Å². The Bertz CT molecular complexity index is 688. The second-order valence-corrected chi connectivity index (χ2v) is 11.3. The van der Waals surface area contributed by atoms with Crippen LogP contribution in [0.1, 0.15) is 95.0 Å². The molecule has 4 heteroatoms. The summed E-state index contributed by atoms with van der Waals surface area (Å²) in [5, 5.41) is 7.39. The maximum atomic E-state index is 13.6. The predicted octanol–water partition coefficient (Wildman–Crippen LogP) is 5.74. The minimum absolute atomic E-state index is 0.0742. The maximum absolute atomic E-state index is 13.6. The van der Waals surface area contributed by atoms with E-state index in [1.807, 2.05) is 0 Å². The topological polar surface area (TPSA) is 44.4 Å². The van der Waals surface area contributed by atoms with Crippen LogP contribution in [0.25, 0.3) is 0 Å². The van der Waals surface area contributed by atoms with E-state index in [9.17, 15) is 4.79 Å². The van der Waals surface area contributed by atoms with E-state index in [-0.39, 0.29) is 5.92 Å². The van der Waals surface area contributed by atoms with Crippen LogP contribution in [0.2, 0.25) is 0 Å². The smallest absolute Gasteiger partial charge is 0.230 e. The first-order chi connectivity index (χ1) is 16.8. The number of carbonyl (C=O) groups is 1. The zero-order valence-corrected chi connectivity index (χ0v) is 21.5. The first-order valence-electron chi connectivity index (χ1n) is 14.6. The fourth-order valence-corrected chi connectivity index (χ4v) is 6.63. The van der Waals surface area contributed by atoms with Crippen LogP contribution in [0.15, 0.2) is 30.3 Å². The van der Waals surface area contributed by atoms with E-state index in [0.29, 0.717) is 11.8 Å². The molecule has 3 aliphatic rings. The Morgan fingerprint density at radius 2 is 1.32 bits per heavy atom. The monoisotopic (exact) mass is 467 g/mol. The molecule has 1 unspecified atom stereocenters. The highest BCUT2D eigenvalue weighted by atomic mass is 16.2. The van der Waals surface area contributed by atoms with E-state index in [1.54, 1.807) is 0 Å². The summed E-state index contributed by atoms with van der Waals surface area (Å²) < 4.78 is 0. The molecule has 2 aliphatic carbocycles. The second kappa shape index (κ2) is 14.2. The summed E-state index contributed by atoms with van der Waals surface area (Å²) in [4.78, 5) is 15.8. The van der Waals surface area contributed by atoms with Crippen molar-refractivity contribution in [1.82, 2.24) is 15.5 Å². The van der Waals surface area contributed by atoms with E-state index in [1.165, 1.54) is 89.3 Å². The van der Waals surface area contributed by atoms with E-state index < -0.39 is 0 Å². The highest BCUT2D eigenvalue weighted by Crippen LogP contribution is 2.39. The molecule has 34 heavy (non-hydrogen) atoms. The number of hydrogen-bond donors (Lipinski definition) is 2. The molecule has 4 rings (SSSR count). The van der Waals surface area contributed by atoms with Crippen LogP contribution in [-0.2, 0) is 4.79 Å². The quantitative estimate of drug-likeness (QED) is 0.385. The molecule has 3 fully saturated rings. The molecule has 0 spiro atoms. The number of hydrogen-bond acceptors (Lipinski definition) is 3. The van der Waals surface area contributed by atoms with Crippen LogP contribution >= 0.6 is 0 Å². The van der Waals surface area contributed by atoms with E-state index in [2.05, 4.69) is 45.9 Å². The number of benzene rings is 1. The van der Waals surface area contributed by atoms with Gasteiger partial charge in [-0.25, -0.2) is 0 Å². The van der Waals surface area contributed by atoms with Crippen LogP contribution in [0, 0.1) is 17.8 Å². The number of rotatable bonds is 12. The first-order valence-corrected chi connectivity index (χ1v) is 14.6. The third-order valence-electron chi connectivity index (χ3n) is 8.77. The third-order valence-corrected chi connectivity index (χ3v) is 8.77. The summed E-state index contributed by atoms with van der Waals surface area (Å²) in [6.45, 7) is 6.52. The molecule has 1 amide bonds. The van der Waals surface area contributed by atoms with Gasteiger partial charge in [-0.1, -0.05) is 62.4 Å². The lowest BCUT2D eigenvalue weighted by Crippen LogP contribution is -2.44. The van der Waals surface area contributed by atoms with Gasteiger partial charge in [0.2, 0.25) is 5.91 Å². The lowest BCUT2D eigenvalue weighted by Gasteiger charge is -2.36. The number of nitrogens with zero attached hydrogens (tertiary/aromatic N) is 1. The summed E-state index contributed by atoms with van der Waals surface area (Å²) in [5.41, 5.74) is 1.23. The van der Waals surface area contributed by atoms with Crippen molar-refractivity contribution in [2.24, 2.45) is 17.8 Å². The zero-order chi connectivity index (χ0) is 23.4. The van der Waals surface area contributed by atoms with Gasteiger partial charge in [-0.15, -0.1) is 0 Å². The molecule has 1 heterocycles. The molecule has 0 radical (unpaired) electrons. The Balaban J connectivity index is 1.09. The second-order valence-electron chi connectivity index (χ2n) is 11.3. The molecule has 0 bridgehead atoms. The number of carbonyl (C=O) groups excluding carboxylic acids is 1. The van der Waals surface area contributed by atoms with E-state index in [4.69, 9.17) is 0 Å². The summed E-state index contributed by atoms with van der Waals surface area (Å²) >= 11 is 0. The number of nitrogens with one attached hydrogen (secondary N) is 2. The van der Waals surface area contributed by atoms with Gasteiger partial charge in [-0.2, -0.15) is 0 Å². The van der Waals surface area contributed by atoms with Crippen molar-refractivity contribution < 1.29 is 4.79 Å². The Kier molecular flexibility index (Phi) is 10.8. The largest absolute Gasteiger partial charge is 0.342 e. The van der Waals surface area contributed by atoms with Gasteiger partial charge >= 0.3 is 0 Å². The molecule has 4 nitrogen and oxygen atoms in total. The van der Waals surface area contributed by atoms with Gasteiger partial charge in [-0.05, 0) is 101 Å². The van der Waals surface area contributed by atoms with Crippen molar-refractivity contribution in [3.63, 3.8) is 0 Å². The van der Waals surface area contributed by atoms with Gasteiger partial charge in [0.25, 0.3) is 0 Å². The van der Waals surface area contributed by atoms with Gasteiger partial charge in [0.05, 0.1) is 5.92 Å². The maximum Gasteiger partial charge on any atom is 0.230 e. The highest BCUT2D eigenvalue weighted by molar-refractivity contribution is 5.84. The molecule has 1 aromatic carbocycles. The Labute approximate surface area is 208 Å². The Hall–Kier alpha value is -1.39. The van der Waals surface area contributed by atoms with Crippen molar-refractivity contribution in [2.75, 3.05) is 39.3 Å². The lowest BCUT2D eigenvalue weighted by molar-refractivity contribution is -0.135. The lowest BCUT2D eigenvalue weighted by atomic mass is 9.83. The first kappa shape index (κ1) is 25.7. The van der Waals surface area contributed by atoms with E-state index in [0.717, 1.165) is 50.9 Å². The van der Waals surface area contributed by atoms with Crippen LogP contribution in [0.4, 0.5) is 0 Å². The molecule has 2 saturated carbocycles. The minimum Gasteiger partial charge on any atom is -0.342 e. The standard InChI is InChI=1S/C30H49N3O/c34-30(29(28-15-7-8-16-28)27-13-5-2-6-14-27)33-21-17-26(18-22-33)24-32-20-10-9-19-31-23-25-11-3-1-4-12-25/h2,5-6,13-14,25-26,28-29,31-32H,1,3-4,7-12,15-24H2. The molecule has 1 saturated heterocycles. The SMILES string of the molecule is O=C(C(c1ccccc1)C1CCCC1)N1CCC(CNCCCCNCC2CCCCC2)CC1. The Morgan fingerprint density at radius 1 is 0.765 bits per heavy atom. The molecule has 0 aromatic heterocycles. The summed E-state index contributed by atoms with van der Waals surface area (Å²) in [7, 11) is 0.